The van der Waals surface area contributed by atoms with Crippen LogP contribution in [0.25, 0.3) is 11.0 Å². The Balaban J connectivity index is 1.49. The third kappa shape index (κ3) is 4.25. The fourth-order valence-electron chi connectivity index (χ4n) is 4.55. The first kappa shape index (κ1) is 24.3. The zero-order chi connectivity index (χ0) is 26.2. The number of amides is 1. The van der Waals surface area contributed by atoms with Crippen molar-refractivity contribution in [2.24, 2.45) is 0 Å². The minimum absolute atomic E-state index is 0.00705. The molecule has 1 aliphatic rings. The summed E-state index contributed by atoms with van der Waals surface area (Å²) in [6, 6.07) is 19.6. The number of carbonyl (C=O) groups is 1. The van der Waals surface area contributed by atoms with Gasteiger partial charge in [-0.2, -0.15) is 0 Å². The van der Waals surface area contributed by atoms with Crippen LogP contribution in [-0.2, 0) is 6.61 Å². The molecule has 1 amide bonds. The van der Waals surface area contributed by atoms with Gasteiger partial charge in [0.15, 0.2) is 16.9 Å². The molecule has 0 spiro atoms. The van der Waals surface area contributed by atoms with Gasteiger partial charge in [-0.15, -0.1) is 10.2 Å². The van der Waals surface area contributed by atoms with Crippen molar-refractivity contribution in [3.8, 4) is 11.5 Å². The van der Waals surface area contributed by atoms with Crippen LogP contribution in [-0.4, -0.2) is 22.7 Å². The van der Waals surface area contributed by atoms with Crippen molar-refractivity contribution >= 4 is 49.3 Å². The standard InChI is InChI=1S/C28H20BrN3O5S/c1-2-35-22-12-17(8-10-21(22)36-14-16-6-4-3-5-7-16)24-23-25(33)19-13-18(29)9-11-20(19)37-26(23)27(34)32(24)28-31-30-15-38-28/h3-13,15,24H,2,14H2,1H3. The Morgan fingerprint density at radius 3 is 2.63 bits per heavy atom. The molecule has 1 aliphatic heterocycles. The Hall–Kier alpha value is -4.02. The fraction of sp³-hybridized carbons (Fsp3) is 0.143. The van der Waals surface area contributed by atoms with Crippen molar-refractivity contribution < 1.29 is 18.7 Å². The number of rotatable bonds is 7. The number of anilines is 1. The van der Waals surface area contributed by atoms with Gasteiger partial charge in [-0.3, -0.25) is 14.5 Å². The predicted octanol–water partition coefficient (Wildman–Crippen LogP) is 6.13. The van der Waals surface area contributed by atoms with E-state index < -0.39 is 11.9 Å². The van der Waals surface area contributed by atoms with E-state index in [1.165, 1.54) is 21.7 Å². The highest BCUT2D eigenvalue weighted by molar-refractivity contribution is 9.10. The van der Waals surface area contributed by atoms with E-state index in [-0.39, 0.29) is 16.8 Å². The third-order valence-corrected chi connectivity index (χ3v) is 7.39. The first-order valence-electron chi connectivity index (χ1n) is 11.8. The van der Waals surface area contributed by atoms with E-state index in [9.17, 15) is 9.59 Å². The SMILES string of the molecule is CCOc1cc(C2c3c(oc4ccc(Br)cc4c3=O)C(=O)N2c2nncs2)ccc1OCc1ccccc1. The Morgan fingerprint density at radius 2 is 1.87 bits per heavy atom. The lowest BCUT2D eigenvalue weighted by atomic mass is 9.98. The summed E-state index contributed by atoms with van der Waals surface area (Å²) in [5, 5.41) is 8.77. The van der Waals surface area contributed by atoms with Crippen LogP contribution in [0.1, 0.15) is 40.2 Å². The minimum atomic E-state index is -0.785. The molecule has 2 aromatic heterocycles. The van der Waals surface area contributed by atoms with Gasteiger partial charge < -0.3 is 13.9 Å². The molecule has 5 aromatic rings. The maximum atomic E-state index is 13.8. The van der Waals surface area contributed by atoms with Crippen LogP contribution < -0.4 is 19.8 Å². The quantitative estimate of drug-likeness (QED) is 0.225. The van der Waals surface area contributed by atoms with Crippen molar-refractivity contribution in [3.05, 3.63) is 109 Å². The maximum absolute atomic E-state index is 13.8. The normalized spacial score (nSPS) is 14.6. The number of halogens is 1. The molecule has 10 heteroatoms. The number of aromatic nitrogens is 2. The van der Waals surface area contributed by atoms with Crippen molar-refractivity contribution in [1.29, 1.82) is 0 Å². The molecule has 0 N–H and O–H groups in total. The molecule has 0 saturated carbocycles. The average Bonchev–Trinajstić information content (AvgIpc) is 3.56. The van der Waals surface area contributed by atoms with Crippen LogP contribution in [0.4, 0.5) is 5.13 Å². The van der Waals surface area contributed by atoms with Crippen LogP contribution in [0.3, 0.4) is 0 Å². The van der Waals surface area contributed by atoms with Gasteiger partial charge in [-0.05, 0) is 48.4 Å². The van der Waals surface area contributed by atoms with Gasteiger partial charge in [0.25, 0.3) is 5.91 Å². The summed E-state index contributed by atoms with van der Waals surface area (Å²) < 4.78 is 18.7. The van der Waals surface area contributed by atoms with Gasteiger partial charge in [-0.25, -0.2) is 0 Å². The minimum Gasteiger partial charge on any atom is -0.490 e. The van der Waals surface area contributed by atoms with Crippen LogP contribution in [0.2, 0.25) is 0 Å². The highest BCUT2D eigenvalue weighted by Gasteiger charge is 2.45. The molecule has 0 saturated heterocycles. The lowest BCUT2D eigenvalue weighted by molar-refractivity contribution is 0.0970. The topological polar surface area (TPSA) is 94.8 Å². The van der Waals surface area contributed by atoms with Gasteiger partial charge in [0.1, 0.15) is 17.7 Å². The molecule has 38 heavy (non-hydrogen) atoms. The van der Waals surface area contributed by atoms with Crippen LogP contribution in [0.5, 0.6) is 11.5 Å². The summed E-state index contributed by atoms with van der Waals surface area (Å²) in [5.74, 6) is 0.603. The molecule has 0 aliphatic carbocycles. The van der Waals surface area contributed by atoms with Crippen molar-refractivity contribution in [2.45, 2.75) is 19.6 Å². The van der Waals surface area contributed by atoms with Gasteiger partial charge in [0, 0.05) is 4.47 Å². The molecule has 3 aromatic carbocycles. The van der Waals surface area contributed by atoms with E-state index in [0.29, 0.717) is 46.4 Å². The molecular weight excluding hydrogens is 570 g/mol. The monoisotopic (exact) mass is 589 g/mol. The maximum Gasteiger partial charge on any atom is 0.297 e. The van der Waals surface area contributed by atoms with Crippen LogP contribution in [0.15, 0.2) is 85.9 Å². The fourth-order valence-corrected chi connectivity index (χ4v) is 5.49. The van der Waals surface area contributed by atoms with E-state index in [1.54, 1.807) is 30.3 Å². The molecule has 1 unspecified atom stereocenters. The Morgan fingerprint density at radius 1 is 1.03 bits per heavy atom. The predicted molar refractivity (Wildman–Crippen MR) is 147 cm³/mol. The smallest absolute Gasteiger partial charge is 0.297 e. The summed E-state index contributed by atoms with van der Waals surface area (Å²) >= 11 is 4.63. The van der Waals surface area contributed by atoms with E-state index in [0.717, 1.165) is 10.0 Å². The lowest BCUT2D eigenvalue weighted by Crippen LogP contribution is -2.29. The van der Waals surface area contributed by atoms with Crippen molar-refractivity contribution in [2.75, 3.05) is 11.5 Å². The molecule has 3 heterocycles. The van der Waals surface area contributed by atoms with E-state index >= 15 is 0 Å². The first-order valence-corrected chi connectivity index (χ1v) is 13.5. The number of nitrogens with zero attached hydrogens (tertiary/aromatic N) is 3. The first-order chi connectivity index (χ1) is 18.5. The van der Waals surface area contributed by atoms with Gasteiger partial charge >= 0.3 is 0 Å². The number of ether oxygens (including phenoxy) is 2. The zero-order valence-corrected chi connectivity index (χ0v) is 22.5. The van der Waals surface area contributed by atoms with Crippen LogP contribution in [0, 0.1) is 0 Å². The molecule has 0 fully saturated rings. The highest BCUT2D eigenvalue weighted by Crippen LogP contribution is 2.43. The summed E-state index contributed by atoms with van der Waals surface area (Å²) in [4.78, 5) is 28.9. The van der Waals surface area contributed by atoms with Gasteiger partial charge in [-0.1, -0.05) is 63.7 Å². The number of carbonyl (C=O) groups excluding carboxylic acids is 1. The molecule has 8 nitrogen and oxygen atoms in total. The summed E-state index contributed by atoms with van der Waals surface area (Å²) in [6.45, 7) is 2.66. The van der Waals surface area contributed by atoms with Gasteiger partial charge in [0.05, 0.1) is 23.6 Å². The summed E-state index contributed by atoms with van der Waals surface area (Å²) in [5.41, 5.74) is 3.52. The average molecular weight is 590 g/mol. The summed E-state index contributed by atoms with van der Waals surface area (Å²) in [7, 11) is 0. The molecule has 0 bridgehead atoms. The second kappa shape index (κ2) is 10.0. The Labute approximate surface area is 229 Å². The number of hydrogen-bond acceptors (Lipinski definition) is 8. The summed E-state index contributed by atoms with van der Waals surface area (Å²) in [6.07, 6.45) is 0. The largest absolute Gasteiger partial charge is 0.490 e. The van der Waals surface area contributed by atoms with Gasteiger partial charge in [0.2, 0.25) is 10.9 Å². The molecular formula is C28H20BrN3O5S. The zero-order valence-electron chi connectivity index (χ0n) is 20.1. The highest BCUT2D eigenvalue weighted by atomic mass is 79.9. The lowest BCUT2D eigenvalue weighted by Gasteiger charge is -2.23. The molecule has 190 valence electrons. The van der Waals surface area contributed by atoms with E-state index in [4.69, 9.17) is 13.9 Å². The number of benzene rings is 3. The number of fused-ring (bicyclic) bond motifs is 2. The third-order valence-electron chi connectivity index (χ3n) is 6.21. The molecule has 6 rings (SSSR count). The van der Waals surface area contributed by atoms with E-state index in [2.05, 4.69) is 26.1 Å². The van der Waals surface area contributed by atoms with E-state index in [1.807, 2.05) is 43.3 Å². The second-order valence-corrected chi connectivity index (χ2v) is 10.3. The molecule has 0 radical (unpaired) electrons. The molecule has 1 atom stereocenters. The second-order valence-electron chi connectivity index (χ2n) is 8.53. The van der Waals surface area contributed by atoms with Crippen LogP contribution >= 0.6 is 27.3 Å². The van der Waals surface area contributed by atoms with Crippen molar-refractivity contribution in [3.63, 3.8) is 0 Å². The Kier molecular flexibility index (Phi) is 6.42. The Bertz CT molecular complexity index is 1710. The number of hydrogen-bond donors (Lipinski definition) is 0. The van der Waals surface area contributed by atoms with Crippen molar-refractivity contribution in [1.82, 2.24) is 10.2 Å².